The number of fused-ring (bicyclic) bond motifs is 1. The lowest BCUT2D eigenvalue weighted by Gasteiger charge is -2.14. The highest BCUT2D eigenvalue weighted by Gasteiger charge is 2.17. The quantitative estimate of drug-likeness (QED) is 0.594. The lowest BCUT2D eigenvalue weighted by molar-refractivity contribution is -0.131. The van der Waals surface area contributed by atoms with Gasteiger partial charge < -0.3 is 19.0 Å². The minimum Gasteiger partial charge on any atom is -0.490 e. The molecule has 1 heterocycles. The Bertz CT molecular complexity index is 925. The summed E-state index contributed by atoms with van der Waals surface area (Å²) in [6.07, 6.45) is 4.10. The Morgan fingerprint density at radius 2 is 2.00 bits per heavy atom. The van der Waals surface area contributed by atoms with Crippen molar-refractivity contribution in [2.75, 3.05) is 7.11 Å². The van der Waals surface area contributed by atoms with E-state index in [9.17, 15) is 4.79 Å². The van der Waals surface area contributed by atoms with Gasteiger partial charge in [-0.1, -0.05) is 28.1 Å². The van der Waals surface area contributed by atoms with Gasteiger partial charge in [-0.3, -0.25) is 0 Å². The van der Waals surface area contributed by atoms with Crippen molar-refractivity contribution in [1.29, 1.82) is 0 Å². The van der Waals surface area contributed by atoms with E-state index >= 15 is 0 Å². The number of carbonyl (C=O) groups is 1. The van der Waals surface area contributed by atoms with E-state index in [1.54, 1.807) is 18.4 Å². The highest BCUT2D eigenvalue weighted by Crippen LogP contribution is 2.40. The molecule has 3 rings (SSSR count). The molecular weight excluding hydrogens is 388 g/mol. The van der Waals surface area contributed by atoms with E-state index in [1.165, 1.54) is 13.2 Å². The molecule has 0 bridgehead atoms. The smallest absolute Gasteiger partial charge is 0.328 e. The van der Waals surface area contributed by atoms with Crippen LogP contribution in [-0.2, 0) is 11.4 Å². The second-order valence-corrected chi connectivity index (χ2v) is 6.17. The van der Waals surface area contributed by atoms with Crippen LogP contribution < -0.4 is 9.47 Å². The van der Waals surface area contributed by atoms with E-state index in [0.29, 0.717) is 29.3 Å². The second kappa shape index (κ2) is 7.44. The Morgan fingerprint density at radius 3 is 2.68 bits per heavy atom. The number of halogens is 1. The standard InChI is InChI=1S/C19H15BrO5/c1-23-19-17-14(8-9-24-17)10-13(4-7-16(21)22)18(19)25-11-12-2-5-15(20)6-3-12/h2-10H,11H2,1H3,(H,21,22)/b7-4+. The summed E-state index contributed by atoms with van der Waals surface area (Å²) >= 11 is 3.39. The molecular formula is C19H15BrO5. The van der Waals surface area contributed by atoms with Crippen LogP contribution in [0.4, 0.5) is 0 Å². The third-order valence-electron chi connectivity index (χ3n) is 3.59. The Hall–Kier alpha value is -2.73. The molecule has 0 aliphatic carbocycles. The lowest BCUT2D eigenvalue weighted by atomic mass is 10.1. The third kappa shape index (κ3) is 3.85. The van der Waals surface area contributed by atoms with Crippen molar-refractivity contribution in [2.45, 2.75) is 6.61 Å². The normalized spacial score (nSPS) is 11.1. The van der Waals surface area contributed by atoms with Crippen LogP contribution in [0.1, 0.15) is 11.1 Å². The van der Waals surface area contributed by atoms with Crippen molar-refractivity contribution in [3.05, 3.63) is 64.3 Å². The van der Waals surface area contributed by atoms with Crippen molar-refractivity contribution >= 4 is 38.9 Å². The fraction of sp³-hybridized carbons (Fsp3) is 0.105. The molecule has 128 valence electrons. The molecule has 0 radical (unpaired) electrons. The average Bonchev–Trinajstić information content (AvgIpc) is 3.06. The summed E-state index contributed by atoms with van der Waals surface area (Å²) in [5.41, 5.74) is 2.13. The Labute approximate surface area is 152 Å². The predicted octanol–water partition coefficient (Wildman–Crippen LogP) is 4.88. The van der Waals surface area contributed by atoms with Gasteiger partial charge in [0.1, 0.15) is 6.61 Å². The van der Waals surface area contributed by atoms with Crippen LogP contribution >= 0.6 is 15.9 Å². The predicted molar refractivity (Wildman–Crippen MR) is 97.9 cm³/mol. The average molecular weight is 403 g/mol. The van der Waals surface area contributed by atoms with Gasteiger partial charge in [-0.15, -0.1) is 0 Å². The summed E-state index contributed by atoms with van der Waals surface area (Å²) in [4.78, 5) is 10.9. The topological polar surface area (TPSA) is 68.9 Å². The minimum absolute atomic E-state index is 0.309. The molecule has 0 amide bonds. The van der Waals surface area contributed by atoms with Gasteiger partial charge in [-0.05, 0) is 35.9 Å². The summed E-state index contributed by atoms with van der Waals surface area (Å²) in [5, 5.41) is 9.72. The number of furan rings is 1. The summed E-state index contributed by atoms with van der Waals surface area (Å²) in [5.74, 6) is -0.167. The second-order valence-electron chi connectivity index (χ2n) is 5.25. The summed E-state index contributed by atoms with van der Waals surface area (Å²) in [6.45, 7) is 0.309. The van der Waals surface area contributed by atoms with E-state index in [4.69, 9.17) is 19.0 Å². The van der Waals surface area contributed by atoms with Gasteiger partial charge in [0, 0.05) is 21.5 Å². The summed E-state index contributed by atoms with van der Waals surface area (Å²) in [7, 11) is 1.52. The maximum absolute atomic E-state index is 10.9. The first-order valence-electron chi connectivity index (χ1n) is 7.45. The highest BCUT2D eigenvalue weighted by atomic mass is 79.9. The zero-order chi connectivity index (χ0) is 17.8. The molecule has 1 aromatic heterocycles. The van der Waals surface area contributed by atoms with Crippen LogP contribution in [0.3, 0.4) is 0 Å². The molecule has 0 atom stereocenters. The minimum atomic E-state index is -1.04. The first-order valence-corrected chi connectivity index (χ1v) is 8.24. The Morgan fingerprint density at radius 1 is 1.24 bits per heavy atom. The molecule has 6 heteroatoms. The highest BCUT2D eigenvalue weighted by molar-refractivity contribution is 9.10. The first kappa shape index (κ1) is 17.1. The molecule has 0 aliphatic rings. The Balaban J connectivity index is 2.01. The maximum atomic E-state index is 10.9. The molecule has 0 fully saturated rings. The van der Waals surface area contributed by atoms with E-state index in [0.717, 1.165) is 21.5 Å². The monoisotopic (exact) mass is 402 g/mol. The number of hydrogen-bond donors (Lipinski definition) is 1. The Kier molecular flexibility index (Phi) is 5.09. The van der Waals surface area contributed by atoms with Crippen molar-refractivity contribution in [1.82, 2.24) is 0 Å². The van der Waals surface area contributed by atoms with Gasteiger partial charge in [0.2, 0.25) is 5.75 Å². The van der Waals surface area contributed by atoms with Gasteiger partial charge in [0.15, 0.2) is 11.3 Å². The van der Waals surface area contributed by atoms with Crippen LogP contribution in [0.2, 0.25) is 0 Å². The van der Waals surface area contributed by atoms with Crippen LogP contribution in [0.25, 0.3) is 17.0 Å². The van der Waals surface area contributed by atoms with Gasteiger partial charge in [0.05, 0.1) is 13.4 Å². The van der Waals surface area contributed by atoms with E-state index in [1.807, 2.05) is 24.3 Å². The molecule has 0 spiro atoms. The van der Waals surface area contributed by atoms with E-state index < -0.39 is 5.97 Å². The SMILES string of the molecule is COc1c(OCc2ccc(Br)cc2)c(/C=C/C(=O)O)cc2ccoc12. The zero-order valence-electron chi connectivity index (χ0n) is 13.4. The number of methoxy groups -OCH3 is 1. The number of hydrogen-bond acceptors (Lipinski definition) is 4. The first-order chi connectivity index (χ1) is 12.1. The number of rotatable bonds is 6. The third-order valence-corrected chi connectivity index (χ3v) is 4.12. The molecule has 0 unspecified atom stereocenters. The van der Waals surface area contributed by atoms with Gasteiger partial charge >= 0.3 is 5.97 Å². The van der Waals surface area contributed by atoms with Gasteiger partial charge in [-0.25, -0.2) is 4.79 Å². The number of carboxylic acids is 1. The summed E-state index contributed by atoms with van der Waals surface area (Å²) in [6, 6.07) is 11.3. The molecule has 0 saturated carbocycles. The van der Waals surface area contributed by atoms with Gasteiger partial charge in [0.25, 0.3) is 0 Å². The number of benzene rings is 2. The molecule has 3 aromatic rings. The molecule has 0 aliphatic heterocycles. The summed E-state index contributed by atoms with van der Waals surface area (Å²) < 4.78 is 17.9. The number of ether oxygens (including phenoxy) is 2. The maximum Gasteiger partial charge on any atom is 0.328 e. The lowest BCUT2D eigenvalue weighted by Crippen LogP contribution is -2.00. The number of carboxylic acid groups (broad SMARTS) is 1. The van der Waals surface area contributed by atoms with Crippen LogP contribution in [0.5, 0.6) is 11.5 Å². The van der Waals surface area contributed by atoms with E-state index in [-0.39, 0.29) is 0 Å². The van der Waals surface area contributed by atoms with Crippen LogP contribution in [0, 0.1) is 0 Å². The molecule has 2 aromatic carbocycles. The van der Waals surface area contributed by atoms with Crippen molar-refractivity contribution in [2.24, 2.45) is 0 Å². The fourth-order valence-corrected chi connectivity index (χ4v) is 2.70. The molecule has 1 N–H and O–H groups in total. The van der Waals surface area contributed by atoms with Crippen molar-refractivity contribution in [3.8, 4) is 11.5 Å². The fourth-order valence-electron chi connectivity index (χ4n) is 2.44. The molecule has 0 saturated heterocycles. The van der Waals surface area contributed by atoms with Crippen molar-refractivity contribution < 1.29 is 23.8 Å². The van der Waals surface area contributed by atoms with Gasteiger partial charge in [-0.2, -0.15) is 0 Å². The molecule has 25 heavy (non-hydrogen) atoms. The number of aliphatic carboxylic acids is 1. The van der Waals surface area contributed by atoms with E-state index in [2.05, 4.69) is 15.9 Å². The van der Waals surface area contributed by atoms with Crippen LogP contribution in [-0.4, -0.2) is 18.2 Å². The largest absolute Gasteiger partial charge is 0.490 e. The van der Waals surface area contributed by atoms with Crippen molar-refractivity contribution in [3.63, 3.8) is 0 Å². The zero-order valence-corrected chi connectivity index (χ0v) is 14.9. The molecule has 5 nitrogen and oxygen atoms in total. The van der Waals surface area contributed by atoms with Crippen LogP contribution in [0.15, 0.2) is 57.6 Å².